The molecule has 0 heterocycles. The van der Waals surface area contributed by atoms with Gasteiger partial charge in [-0.1, -0.05) is 29.8 Å². The Balaban J connectivity index is 3.08. The summed E-state index contributed by atoms with van der Waals surface area (Å²) >= 11 is 3.17. The van der Waals surface area contributed by atoms with Crippen LogP contribution >= 0.6 is 26.6 Å². The molecule has 1 N–H and O–H groups in total. The third kappa shape index (κ3) is 4.78. The second-order valence-corrected chi connectivity index (χ2v) is 7.58. The normalized spacial score (nSPS) is 11.6. The molecule has 0 aliphatic carbocycles. The minimum Gasteiger partial charge on any atom is -0.349 e. The van der Waals surface area contributed by atoms with Crippen molar-refractivity contribution in [2.45, 2.75) is 37.6 Å². The van der Waals surface area contributed by atoms with Crippen molar-refractivity contribution in [1.82, 2.24) is 5.32 Å². The zero-order valence-electron chi connectivity index (χ0n) is 10.6. The van der Waals surface area contributed by atoms with Crippen LogP contribution in [0, 0.1) is 0 Å². The minimum atomic E-state index is -3.86. The molecule has 0 aliphatic rings. The number of amides is 1. The quantitative estimate of drug-likeness (QED) is 0.811. The van der Waals surface area contributed by atoms with Crippen LogP contribution in [0.4, 0.5) is 0 Å². The molecule has 106 valence electrons. The van der Waals surface area contributed by atoms with Gasteiger partial charge in [0.2, 0.25) is 0 Å². The Bertz CT molecular complexity index is 570. The first-order valence-electron chi connectivity index (χ1n) is 5.84. The fourth-order valence-corrected chi connectivity index (χ4v) is 3.04. The molecule has 0 bridgehead atoms. The third-order valence-corrected chi connectivity index (χ3v) is 4.53. The van der Waals surface area contributed by atoms with E-state index in [1.54, 1.807) is 6.07 Å². The first-order chi connectivity index (χ1) is 8.77. The molecule has 0 saturated carbocycles. The highest BCUT2D eigenvalue weighted by molar-refractivity contribution is 9.10. The lowest BCUT2D eigenvalue weighted by Gasteiger charge is -2.15. The Morgan fingerprint density at radius 3 is 2.37 bits per heavy atom. The highest BCUT2D eigenvalue weighted by Crippen LogP contribution is 2.22. The van der Waals surface area contributed by atoms with E-state index in [1.807, 2.05) is 13.8 Å². The zero-order valence-corrected chi connectivity index (χ0v) is 13.8. The van der Waals surface area contributed by atoms with Crippen LogP contribution in [0.1, 0.15) is 37.0 Å². The number of benzene rings is 1. The molecular formula is C12H15BrClNO3S. The predicted octanol–water partition coefficient (Wildman–Crippen LogP) is 3.30. The van der Waals surface area contributed by atoms with Crippen molar-refractivity contribution in [1.29, 1.82) is 0 Å². The maximum atomic E-state index is 12.0. The van der Waals surface area contributed by atoms with Crippen LogP contribution in [-0.4, -0.2) is 20.4 Å². The summed E-state index contributed by atoms with van der Waals surface area (Å²) in [7, 11) is 1.43. The van der Waals surface area contributed by atoms with Crippen LogP contribution in [0.2, 0.25) is 0 Å². The Morgan fingerprint density at radius 2 is 1.89 bits per heavy atom. The zero-order chi connectivity index (χ0) is 14.6. The second kappa shape index (κ2) is 6.72. The molecular weight excluding hydrogens is 354 g/mol. The van der Waals surface area contributed by atoms with Gasteiger partial charge in [-0.3, -0.25) is 4.79 Å². The molecule has 0 saturated heterocycles. The van der Waals surface area contributed by atoms with Gasteiger partial charge in [0.15, 0.2) is 0 Å². The second-order valence-electron chi connectivity index (χ2n) is 4.10. The SMILES string of the molecule is CCC(CC)NC(=O)c1cc(Br)cc(S(=O)(=O)Cl)c1. The van der Waals surface area contributed by atoms with Crippen LogP contribution in [0.5, 0.6) is 0 Å². The van der Waals surface area contributed by atoms with Gasteiger partial charge in [0.1, 0.15) is 0 Å². The average Bonchev–Trinajstić information content (AvgIpc) is 2.33. The van der Waals surface area contributed by atoms with Crippen molar-refractivity contribution in [3.05, 3.63) is 28.2 Å². The molecule has 1 aromatic rings. The first-order valence-corrected chi connectivity index (χ1v) is 8.94. The molecule has 0 spiro atoms. The summed E-state index contributed by atoms with van der Waals surface area (Å²) in [5, 5.41) is 2.84. The molecule has 1 amide bonds. The lowest BCUT2D eigenvalue weighted by atomic mass is 10.1. The van der Waals surface area contributed by atoms with Crippen LogP contribution in [0.3, 0.4) is 0 Å². The van der Waals surface area contributed by atoms with Gasteiger partial charge in [-0.2, -0.15) is 0 Å². The lowest BCUT2D eigenvalue weighted by Crippen LogP contribution is -2.33. The third-order valence-electron chi connectivity index (χ3n) is 2.74. The van der Waals surface area contributed by atoms with Crippen LogP contribution in [-0.2, 0) is 9.05 Å². The summed E-state index contributed by atoms with van der Waals surface area (Å²) in [6.45, 7) is 3.95. The maximum absolute atomic E-state index is 12.0. The number of hydrogen-bond donors (Lipinski definition) is 1. The van der Waals surface area contributed by atoms with Crippen LogP contribution in [0.15, 0.2) is 27.6 Å². The molecule has 7 heteroatoms. The molecule has 0 atom stereocenters. The van der Waals surface area contributed by atoms with Gasteiger partial charge in [0.05, 0.1) is 4.90 Å². The monoisotopic (exact) mass is 367 g/mol. The molecule has 4 nitrogen and oxygen atoms in total. The number of halogens is 2. The van der Waals surface area contributed by atoms with E-state index in [2.05, 4.69) is 21.2 Å². The average molecular weight is 369 g/mol. The van der Waals surface area contributed by atoms with Gasteiger partial charge in [-0.05, 0) is 31.0 Å². The van der Waals surface area contributed by atoms with E-state index in [0.29, 0.717) is 4.47 Å². The van der Waals surface area contributed by atoms with Gasteiger partial charge in [-0.15, -0.1) is 0 Å². The topological polar surface area (TPSA) is 63.2 Å². The number of hydrogen-bond acceptors (Lipinski definition) is 3. The molecule has 1 rings (SSSR count). The highest BCUT2D eigenvalue weighted by atomic mass is 79.9. The van der Waals surface area contributed by atoms with Gasteiger partial charge < -0.3 is 5.32 Å². The number of rotatable bonds is 5. The molecule has 0 radical (unpaired) electrons. The van der Waals surface area contributed by atoms with E-state index in [-0.39, 0.29) is 22.4 Å². The molecule has 0 fully saturated rings. The molecule has 1 aromatic carbocycles. The predicted molar refractivity (Wildman–Crippen MR) is 79.0 cm³/mol. The first kappa shape index (κ1) is 16.5. The summed E-state index contributed by atoms with van der Waals surface area (Å²) < 4.78 is 23.1. The minimum absolute atomic E-state index is 0.0718. The highest BCUT2D eigenvalue weighted by Gasteiger charge is 2.16. The van der Waals surface area contributed by atoms with Crippen LogP contribution < -0.4 is 5.32 Å². The van der Waals surface area contributed by atoms with Gasteiger partial charge in [-0.25, -0.2) is 8.42 Å². The van der Waals surface area contributed by atoms with E-state index < -0.39 is 9.05 Å². The number of carbonyl (C=O) groups is 1. The summed E-state index contributed by atoms with van der Waals surface area (Å²) in [4.78, 5) is 11.9. The Hall–Kier alpha value is -0.590. The molecule has 0 unspecified atom stereocenters. The number of nitrogens with one attached hydrogen (secondary N) is 1. The van der Waals surface area contributed by atoms with Crippen molar-refractivity contribution in [2.75, 3.05) is 0 Å². The maximum Gasteiger partial charge on any atom is 0.261 e. The summed E-state index contributed by atoms with van der Waals surface area (Å²) in [5.74, 6) is -0.309. The van der Waals surface area contributed by atoms with Crippen molar-refractivity contribution < 1.29 is 13.2 Å². The van der Waals surface area contributed by atoms with Crippen molar-refractivity contribution in [3.63, 3.8) is 0 Å². The van der Waals surface area contributed by atoms with E-state index in [1.165, 1.54) is 12.1 Å². The van der Waals surface area contributed by atoms with Crippen molar-refractivity contribution in [3.8, 4) is 0 Å². The van der Waals surface area contributed by atoms with Gasteiger partial charge in [0.25, 0.3) is 15.0 Å². The van der Waals surface area contributed by atoms with Crippen molar-refractivity contribution >= 4 is 41.6 Å². The molecule has 19 heavy (non-hydrogen) atoms. The van der Waals surface area contributed by atoms with E-state index >= 15 is 0 Å². The Morgan fingerprint density at radius 1 is 1.32 bits per heavy atom. The van der Waals surface area contributed by atoms with Gasteiger partial charge in [0, 0.05) is 26.8 Å². The number of carbonyl (C=O) groups excluding carboxylic acids is 1. The molecule has 0 aliphatic heterocycles. The summed E-state index contributed by atoms with van der Waals surface area (Å²) in [6.07, 6.45) is 1.63. The van der Waals surface area contributed by atoms with E-state index in [9.17, 15) is 13.2 Å². The standard InChI is InChI=1S/C12H15BrClNO3S/c1-3-10(4-2)15-12(16)8-5-9(13)7-11(6-8)19(14,17)18/h5-7,10H,3-4H2,1-2H3,(H,15,16). The fourth-order valence-electron chi connectivity index (χ4n) is 1.60. The van der Waals surface area contributed by atoms with Gasteiger partial charge >= 0.3 is 0 Å². The van der Waals surface area contributed by atoms with Crippen LogP contribution in [0.25, 0.3) is 0 Å². The Kier molecular flexibility index (Phi) is 5.82. The van der Waals surface area contributed by atoms with E-state index in [4.69, 9.17) is 10.7 Å². The smallest absolute Gasteiger partial charge is 0.261 e. The fraction of sp³-hybridized carbons (Fsp3) is 0.417. The lowest BCUT2D eigenvalue weighted by molar-refractivity contribution is 0.0934. The van der Waals surface area contributed by atoms with E-state index in [0.717, 1.165) is 12.8 Å². The van der Waals surface area contributed by atoms with Crippen molar-refractivity contribution in [2.24, 2.45) is 0 Å². The largest absolute Gasteiger partial charge is 0.349 e. The molecule has 0 aromatic heterocycles. The summed E-state index contributed by atoms with van der Waals surface area (Å²) in [5.41, 5.74) is 0.264. The summed E-state index contributed by atoms with van der Waals surface area (Å²) in [6, 6.07) is 4.26. The Labute approximate surface area is 126 Å².